The molecule has 0 aromatic carbocycles. The van der Waals surface area contributed by atoms with E-state index in [0.29, 0.717) is 16.2 Å². The molecule has 0 saturated carbocycles. The van der Waals surface area contributed by atoms with E-state index in [2.05, 4.69) is 0 Å². The van der Waals surface area contributed by atoms with Crippen LogP contribution < -0.4 is 0 Å². The molecule has 0 bridgehead atoms. The normalized spacial score (nSPS) is 13.4. The average Bonchev–Trinajstić information content (AvgIpc) is 2.47. The number of hydrogen-bond acceptors (Lipinski definition) is 2. The highest BCUT2D eigenvalue weighted by Gasteiger charge is 2.13. The Morgan fingerprint density at radius 3 is 2.92 bits per heavy atom. The summed E-state index contributed by atoms with van der Waals surface area (Å²) in [6, 6.07) is 6.71. The molecule has 0 aromatic heterocycles. The van der Waals surface area contributed by atoms with Crippen molar-refractivity contribution in [3.8, 4) is 11.3 Å². The smallest absolute Gasteiger partial charge is 0.187 e. The van der Waals surface area contributed by atoms with Gasteiger partial charge in [0.25, 0.3) is 0 Å². The van der Waals surface area contributed by atoms with Gasteiger partial charge in [-0.25, -0.2) is 4.21 Å². The molecule has 1 aliphatic heterocycles. The second-order valence-electron chi connectivity index (χ2n) is 2.34. The van der Waals surface area contributed by atoms with Crippen LogP contribution in [0.4, 0.5) is 0 Å². The molecule has 1 unspecified atom stereocenters. The summed E-state index contributed by atoms with van der Waals surface area (Å²) in [4.78, 5) is 0.398. The van der Waals surface area contributed by atoms with E-state index in [1.165, 1.54) is 6.26 Å². The van der Waals surface area contributed by atoms with Crippen LogP contribution in [0.15, 0.2) is 39.8 Å². The Hall–Kier alpha value is -1.13. The monoisotopic (exact) mass is 182 g/mol. The summed E-state index contributed by atoms with van der Waals surface area (Å²) in [6.07, 6.45) is 1.53. The van der Waals surface area contributed by atoms with Crippen molar-refractivity contribution in [2.45, 2.75) is 4.90 Å². The molecule has 0 aromatic rings. The summed E-state index contributed by atoms with van der Waals surface area (Å²) < 4.78 is 24.7. The first-order valence-electron chi connectivity index (χ1n) is 3.36. The fourth-order valence-electron chi connectivity index (χ4n) is 1.12. The van der Waals surface area contributed by atoms with E-state index in [1.54, 1.807) is 24.3 Å². The van der Waals surface area contributed by atoms with Crippen LogP contribution in [0.3, 0.4) is 0 Å². The Morgan fingerprint density at radius 1 is 1.33 bits per heavy atom. The van der Waals surface area contributed by atoms with Crippen LogP contribution in [0, 0.1) is 0 Å². The second kappa shape index (κ2) is 2.73. The molecule has 2 rings (SSSR count). The summed E-state index contributed by atoms with van der Waals surface area (Å²) in [7, 11) is 0. The SMILES string of the molecule is O=S(O)c1ccc2occcc1-2. The lowest BCUT2D eigenvalue weighted by Crippen LogP contribution is -1.86. The third kappa shape index (κ3) is 1.05. The van der Waals surface area contributed by atoms with Crippen molar-refractivity contribution < 1.29 is 13.2 Å². The number of fused-ring (bicyclic) bond motifs is 1. The molecule has 1 heterocycles. The third-order valence-corrected chi connectivity index (χ3v) is 2.37. The number of hydrogen-bond donors (Lipinski definition) is 1. The predicted octanol–water partition coefficient (Wildman–Crippen LogP) is 1.97. The van der Waals surface area contributed by atoms with E-state index >= 15 is 0 Å². The Bertz CT molecular complexity index is 393. The van der Waals surface area contributed by atoms with E-state index in [9.17, 15) is 4.21 Å². The van der Waals surface area contributed by atoms with Crippen LogP contribution in [0.5, 0.6) is 0 Å². The third-order valence-electron chi connectivity index (χ3n) is 1.64. The fraction of sp³-hybridized carbons (Fsp3) is 0. The zero-order valence-electron chi connectivity index (χ0n) is 6.06. The lowest BCUT2D eigenvalue weighted by molar-refractivity contribution is 0.558. The molecule has 1 atom stereocenters. The molecule has 0 radical (unpaired) electrons. The summed E-state index contributed by atoms with van der Waals surface area (Å²) in [5, 5.41) is 0. The molecular formula is C8H6O3S. The summed E-state index contributed by atoms with van der Waals surface area (Å²) in [5.74, 6) is 0.634. The van der Waals surface area contributed by atoms with Crippen molar-refractivity contribution in [3.05, 3.63) is 30.5 Å². The predicted molar refractivity (Wildman–Crippen MR) is 44.4 cm³/mol. The van der Waals surface area contributed by atoms with Crippen LogP contribution in [-0.2, 0) is 11.1 Å². The van der Waals surface area contributed by atoms with Crippen LogP contribution in [0.1, 0.15) is 0 Å². The molecular weight excluding hydrogens is 176 g/mol. The molecule has 2 aliphatic rings. The largest absolute Gasteiger partial charge is 0.464 e. The highest BCUT2D eigenvalue weighted by Crippen LogP contribution is 2.29. The Kier molecular flexibility index (Phi) is 1.71. The van der Waals surface area contributed by atoms with E-state index < -0.39 is 11.1 Å². The van der Waals surface area contributed by atoms with Gasteiger partial charge >= 0.3 is 0 Å². The average molecular weight is 182 g/mol. The molecule has 0 saturated heterocycles. The van der Waals surface area contributed by atoms with Crippen LogP contribution in [0.25, 0.3) is 11.3 Å². The zero-order valence-corrected chi connectivity index (χ0v) is 6.88. The Balaban J connectivity index is 2.67. The van der Waals surface area contributed by atoms with Crippen LogP contribution in [-0.4, -0.2) is 8.76 Å². The van der Waals surface area contributed by atoms with Gasteiger partial charge in [0.15, 0.2) is 11.1 Å². The minimum atomic E-state index is -1.93. The minimum Gasteiger partial charge on any atom is -0.464 e. The fourth-order valence-corrected chi connectivity index (χ4v) is 1.66. The molecule has 0 fully saturated rings. The molecule has 12 heavy (non-hydrogen) atoms. The zero-order chi connectivity index (χ0) is 8.55. The highest BCUT2D eigenvalue weighted by atomic mass is 32.2. The van der Waals surface area contributed by atoms with E-state index in [-0.39, 0.29) is 0 Å². The van der Waals surface area contributed by atoms with Crippen molar-refractivity contribution >= 4 is 11.1 Å². The first-order valence-corrected chi connectivity index (χ1v) is 4.47. The number of rotatable bonds is 1. The molecule has 0 amide bonds. The van der Waals surface area contributed by atoms with Gasteiger partial charge in [0.1, 0.15) is 5.76 Å². The maximum Gasteiger partial charge on any atom is 0.187 e. The van der Waals surface area contributed by atoms with Gasteiger partial charge in [0, 0.05) is 5.56 Å². The van der Waals surface area contributed by atoms with Crippen molar-refractivity contribution in [3.63, 3.8) is 0 Å². The molecule has 62 valence electrons. The van der Waals surface area contributed by atoms with Gasteiger partial charge in [-0.05, 0) is 24.3 Å². The van der Waals surface area contributed by atoms with Crippen LogP contribution in [0.2, 0.25) is 0 Å². The standard InChI is InChI=1S/C8H6O3S/c9-12(10)8-4-3-7-6(8)2-1-5-11-7/h1-5H,(H,9,10). The minimum absolute atomic E-state index is 0.398. The Morgan fingerprint density at radius 2 is 2.17 bits per heavy atom. The summed E-state index contributed by atoms with van der Waals surface area (Å²) in [5.41, 5.74) is 0.693. The van der Waals surface area contributed by atoms with Gasteiger partial charge in [0.2, 0.25) is 0 Å². The lowest BCUT2D eigenvalue weighted by Gasteiger charge is -1.97. The van der Waals surface area contributed by atoms with Gasteiger partial charge < -0.3 is 8.97 Å². The molecule has 3 nitrogen and oxygen atoms in total. The quantitative estimate of drug-likeness (QED) is 0.686. The first-order chi connectivity index (χ1) is 5.79. The van der Waals surface area contributed by atoms with Gasteiger partial charge in [-0.15, -0.1) is 0 Å². The van der Waals surface area contributed by atoms with E-state index in [4.69, 9.17) is 8.97 Å². The lowest BCUT2D eigenvalue weighted by atomic mass is 10.3. The second-order valence-corrected chi connectivity index (χ2v) is 3.28. The molecule has 1 N–H and O–H groups in total. The van der Waals surface area contributed by atoms with Crippen LogP contribution >= 0.6 is 0 Å². The summed E-state index contributed by atoms with van der Waals surface area (Å²) in [6.45, 7) is 0. The van der Waals surface area contributed by atoms with Gasteiger partial charge in [0.05, 0.1) is 11.2 Å². The van der Waals surface area contributed by atoms with E-state index in [0.717, 1.165) is 0 Å². The highest BCUT2D eigenvalue weighted by molar-refractivity contribution is 7.79. The maximum atomic E-state index is 10.7. The Labute approximate surface area is 71.6 Å². The van der Waals surface area contributed by atoms with E-state index in [1.807, 2.05) is 0 Å². The van der Waals surface area contributed by atoms with Gasteiger partial charge in [-0.1, -0.05) is 0 Å². The van der Waals surface area contributed by atoms with Crippen molar-refractivity contribution in [2.75, 3.05) is 0 Å². The summed E-state index contributed by atoms with van der Waals surface area (Å²) >= 11 is -1.93. The molecule has 4 heteroatoms. The first kappa shape index (κ1) is 7.52. The van der Waals surface area contributed by atoms with Crippen molar-refractivity contribution in [1.29, 1.82) is 0 Å². The maximum absolute atomic E-state index is 10.7. The van der Waals surface area contributed by atoms with Gasteiger partial charge in [-0.2, -0.15) is 0 Å². The van der Waals surface area contributed by atoms with Crippen molar-refractivity contribution in [2.24, 2.45) is 0 Å². The molecule has 1 aliphatic carbocycles. The topological polar surface area (TPSA) is 50.4 Å². The van der Waals surface area contributed by atoms with Crippen molar-refractivity contribution in [1.82, 2.24) is 0 Å². The van der Waals surface area contributed by atoms with Gasteiger partial charge in [-0.3, -0.25) is 0 Å². The molecule has 0 spiro atoms.